The molecule has 3 heteroatoms. The lowest BCUT2D eigenvalue weighted by molar-refractivity contribution is -0.114. The van der Waals surface area contributed by atoms with Crippen LogP contribution in [-0.4, -0.2) is 5.78 Å². The Bertz CT molecular complexity index is 475. The van der Waals surface area contributed by atoms with Crippen molar-refractivity contribution in [3.63, 3.8) is 0 Å². The Kier molecular flexibility index (Phi) is 2.86. The number of hydrogen-bond acceptors (Lipinski definition) is 1. The average molecular weight is 222 g/mol. The average Bonchev–Trinajstić information content (AvgIpc) is 2.24. The summed E-state index contributed by atoms with van der Waals surface area (Å²) < 4.78 is 27.3. The first-order chi connectivity index (χ1) is 7.59. The maximum Gasteiger partial charge on any atom is 0.155 e. The molecule has 84 valence electrons. The van der Waals surface area contributed by atoms with E-state index in [4.69, 9.17) is 0 Å². The fraction of sp³-hybridized carbons (Fsp3) is 0.308. The van der Waals surface area contributed by atoms with E-state index in [1.165, 1.54) is 18.2 Å². The first-order valence-corrected chi connectivity index (χ1v) is 5.28. The minimum atomic E-state index is -0.593. The first kappa shape index (κ1) is 11.0. The molecule has 1 aromatic rings. The summed E-state index contributed by atoms with van der Waals surface area (Å²) in [6.07, 6.45) is 3.06. The zero-order valence-electron chi connectivity index (χ0n) is 9.02. The lowest BCUT2D eigenvalue weighted by Crippen LogP contribution is -2.05. The third kappa shape index (κ3) is 1.90. The van der Waals surface area contributed by atoms with Crippen molar-refractivity contribution in [2.75, 3.05) is 0 Å². The van der Waals surface area contributed by atoms with Crippen LogP contribution in [0.5, 0.6) is 0 Å². The number of benzene rings is 1. The van der Waals surface area contributed by atoms with E-state index in [-0.39, 0.29) is 11.3 Å². The van der Waals surface area contributed by atoms with Crippen molar-refractivity contribution >= 4 is 11.4 Å². The minimum Gasteiger partial charge on any atom is -0.295 e. The monoisotopic (exact) mass is 222 g/mol. The summed E-state index contributed by atoms with van der Waals surface area (Å²) >= 11 is 0. The zero-order valence-corrected chi connectivity index (χ0v) is 9.02. The predicted octanol–water partition coefficient (Wildman–Crippen LogP) is 3.41. The molecule has 0 saturated carbocycles. The molecular formula is C13H12F2O. The van der Waals surface area contributed by atoms with Crippen LogP contribution in [0.25, 0.3) is 5.57 Å². The number of allylic oxidation sites excluding steroid dienone is 2. The molecule has 1 aliphatic carbocycles. The Labute approximate surface area is 92.8 Å². The number of aryl methyl sites for hydroxylation is 1. The lowest BCUT2D eigenvalue weighted by Gasteiger charge is -2.14. The molecule has 0 fully saturated rings. The highest BCUT2D eigenvalue weighted by molar-refractivity contribution is 5.98. The molecule has 0 N–H and O–H groups in total. The topological polar surface area (TPSA) is 17.1 Å². The standard InChI is InChI=1S/C13H12F2O/c1-8-5-6-11(14)12(13(8)15)9-3-2-4-10(16)7-9/h5-7H,2-4H2,1H3. The molecule has 0 bridgehead atoms. The summed E-state index contributed by atoms with van der Waals surface area (Å²) in [6.45, 7) is 1.59. The Morgan fingerprint density at radius 3 is 2.62 bits per heavy atom. The van der Waals surface area contributed by atoms with E-state index in [9.17, 15) is 13.6 Å². The molecule has 1 aliphatic rings. The van der Waals surface area contributed by atoms with Crippen LogP contribution in [0.2, 0.25) is 0 Å². The van der Waals surface area contributed by atoms with Gasteiger partial charge in [-0.1, -0.05) is 6.07 Å². The molecule has 0 amide bonds. The number of ketones is 1. The molecule has 0 saturated heterocycles. The lowest BCUT2D eigenvalue weighted by atomic mass is 9.91. The molecule has 2 rings (SSSR count). The van der Waals surface area contributed by atoms with Crippen LogP contribution in [0, 0.1) is 18.6 Å². The van der Waals surface area contributed by atoms with Crippen LogP contribution in [-0.2, 0) is 4.79 Å². The first-order valence-electron chi connectivity index (χ1n) is 5.28. The Hall–Kier alpha value is -1.51. The van der Waals surface area contributed by atoms with Gasteiger partial charge in [0.25, 0.3) is 0 Å². The molecule has 1 nitrogen and oxygen atoms in total. The van der Waals surface area contributed by atoms with Crippen LogP contribution < -0.4 is 0 Å². The van der Waals surface area contributed by atoms with E-state index in [1.807, 2.05) is 0 Å². The van der Waals surface area contributed by atoms with Gasteiger partial charge in [-0.15, -0.1) is 0 Å². The Balaban J connectivity index is 2.55. The summed E-state index contributed by atoms with van der Waals surface area (Å²) in [6, 6.07) is 2.65. The highest BCUT2D eigenvalue weighted by Crippen LogP contribution is 2.30. The smallest absolute Gasteiger partial charge is 0.155 e. The van der Waals surface area contributed by atoms with E-state index in [0.29, 0.717) is 30.4 Å². The second-order valence-corrected chi connectivity index (χ2v) is 4.04. The summed E-state index contributed by atoms with van der Waals surface area (Å²) in [5.41, 5.74) is 0.846. The molecule has 0 heterocycles. The molecule has 0 atom stereocenters. The van der Waals surface area contributed by atoms with E-state index >= 15 is 0 Å². The van der Waals surface area contributed by atoms with Crippen molar-refractivity contribution < 1.29 is 13.6 Å². The van der Waals surface area contributed by atoms with Crippen molar-refractivity contribution in [3.8, 4) is 0 Å². The highest BCUT2D eigenvalue weighted by atomic mass is 19.1. The predicted molar refractivity (Wildman–Crippen MR) is 57.9 cm³/mol. The molecule has 0 spiro atoms. The van der Waals surface area contributed by atoms with Crippen molar-refractivity contribution in [2.24, 2.45) is 0 Å². The molecule has 0 aliphatic heterocycles. The van der Waals surface area contributed by atoms with Gasteiger partial charge in [0.05, 0.1) is 0 Å². The minimum absolute atomic E-state index is 0.0342. The maximum atomic E-state index is 13.8. The van der Waals surface area contributed by atoms with Crippen molar-refractivity contribution in [3.05, 3.63) is 41.0 Å². The number of halogens is 2. The van der Waals surface area contributed by atoms with Crippen molar-refractivity contribution in [2.45, 2.75) is 26.2 Å². The van der Waals surface area contributed by atoms with Gasteiger partial charge in [-0.2, -0.15) is 0 Å². The van der Waals surface area contributed by atoms with Gasteiger partial charge >= 0.3 is 0 Å². The summed E-state index contributed by atoms with van der Waals surface area (Å²) in [5.74, 6) is -1.20. The number of carbonyl (C=O) groups excluding carboxylic acids is 1. The molecule has 0 unspecified atom stereocenters. The third-order valence-corrected chi connectivity index (χ3v) is 2.81. The zero-order chi connectivity index (χ0) is 11.7. The van der Waals surface area contributed by atoms with Crippen LogP contribution in [0.3, 0.4) is 0 Å². The highest BCUT2D eigenvalue weighted by Gasteiger charge is 2.19. The second kappa shape index (κ2) is 4.16. The van der Waals surface area contributed by atoms with Gasteiger partial charge in [-0.3, -0.25) is 4.79 Å². The van der Waals surface area contributed by atoms with Crippen molar-refractivity contribution in [1.29, 1.82) is 0 Å². The Morgan fingerprint density at radius 1 is 1.19 bits per heavy atom. The van der Waals surface area contributed by atoms with Gasteiger partial charge in [0, 0.05) is 12.0 Å². The Morgan fingerprint density at radius 2 is 1.94 bits per heavy atom. The van der Waals surface area contributed by atoms with E-state index in [2.05, 4.69) is 0 Å². The summed E-state index contributed by atoms with van der Waals surface area (Å²) in [4.78, 5) is 11.2. The summed E-state index contributed by atoms with van der Waals surface area (Å²) in [7, 11) is 0. The third-order valence-electron chi connectivity index (χ3n) is 2.81. The van der Waals surface area contributed by atoms with Crippen LogP contribution in [0.1, 0.15) is 30.4 Å². The maximum absolute atomic E-state index is 13.8. The molecule has 16 heavy (non-hydrogen) atoms. The van der Waals surface area contributed by atoms with Gasteiger partial charge in [0.15, 0.2) is 5.78 Å². The normalized spacial score (nSPS) is 16.2. The number of hydrogen-bond donors (Lipinski definition) is 0. The van der Waals surface area contributed by atoms with E-state index < -0.39 is 11.6 Å². The van der Waals surface area contributed by atoms with Gasteiger partial charge < -0.3 is 0 Å². The second-order valence-electron chi connectivity index (χ2n) is 4.04. The largest absolute Gasteiger partial charge is 0.295 e. The van der Waals surface area contributed by atoms with Gasteiger partial charge in [-0.05, 0) is 43.0 Å². The molecule has 0 radical (unpaired) electrons. The fourth-order valence-electron chi connectivity index (χ4n) is 1.94. The number of rotatable bonds is 1. The van der Waals surface area contributed by atoms with Crippen LogP contribution >= 0.6 is 0 Å². The van der Waals surface area contributed by atoms with E-state index in [0.717, 1.165) is 0 Å². The van der Waals surface area contributed by atoms with Crippen LogP contribution in [0.15, 0.2) is 18.2 Å². The van der Waals surface area contributed by atoms with Gasteiger partial charge in [0.2, 0.25) is 0 Å². The number of carbonyl (C=O) groups is 1. The van der Waals surface area contributed by atoms with Gasteiger partial charge in [-0.25, -0.2) is 8.78 Å². The van der Waals surface area contributed by atoms with Crippen molar-refractivity contribution in [1.82, 2.24) is 0 Å². The van der Waals surface area contributed by atoms with Crippen LogP contribution in [0.4, 0.5) is 8.78 Å². The molecular weight excluding hydrogens is 210 g/mol. The van der Waals surface area contributed by atoms with E-state index in [1.54, 1.807) is 6.92 Å². The summed E-state index contributed by atoms with van der Waals surface area (Å²) in [5, 5.41) is 0. The quantitative estimate of drug-likeness (QED) is 0.711. The fourth-order valence-corrected chi connectivity index (χ4v) is 1.94. The van der Waals surface area contributed by atoms with Gasteiger partial charge in [0.1, 0.15) is 11.6 Å². The molecule has 0 aromatic heterocycles. The SMILES string of the molecule is Cc1ccc(F)c(C2=CC(=O)CCC2)c1F. The molecule has 1 aromatic carbocycles.